The van der Waals surface area contributed by atoms with E-state index in [9.17, 15) is 9.59 Å². The molecule has 146 valence electrons. The molecule has 3 aromatic rings. The Hall–Kier alpha value is -2.02. The van der Waals surface area contributed by atoms with Crippen LogP contribution < -0.4 is 5.56 Å². The summed E-state index contributed by atoms with van der Waals surface area (Å²) in [5, 5.41) is 1.67. The summed E-state index contributed by atoms with van der Waals surface area (Å²) in [6.07, 6.45) is 0. The van der Waals surface area contributed by atoms with Crippen molar-refractivity contribution >= 4 is 51.8 Å². The van der Waals surface area contributed by atoms with E-state index in [1.807, 2.05) is 19.9 Å². The normalized spacial score (nSPS) is 11.0. The van der Waals surface area contributed by atoms with E-state index in [1.165, 1.54) is 16.3 Å². The molecule has 0 bridgehead atoms. The van der Waals surface area contributed by atoms with Gasteiger partial charge in [0.05, 0.1) is 32.4 Å². The predicted octanol–water partition coefficient (Wildman–Crippen LogP) is 4.65. The van der Waals surface area contributed by atoms with Gasteiger partial charge in [0.25, 0.3) is 5.56 Å². The third-order valence-electron chi connectivity index (χ3n) is 4.35. The van der Waals surface area contributed by atoms with Crippen LogP contribution >= 0.6 is 35.0 Å². The average Bonchev–Trinajstić information content (AvgIpc) is 2.70. The van der Waals surface area contributed by atoms with Crippen molar-refractivity contribution in [1.29, 1.82) is 0 Å². The van der Waals surface area contributed by atoms with Gasteiger partial charge in [0, 0.05) is 13.1 Å². The Morgan fingerprint density at radius 3 is 2.50 bits per heavy atom. The Morgan fingerprint density at radius 1 is 1.11 bits per heavy atom. The van der Waals surface area contributed by atoms with Crippen LogP contribution in [0.2, 0.25) is 10.0 Å². The van der Waals surface area contributed by atoms with Crippen LogP contribution in [0.1, 0.15) is 13.8 Å². The second kappa shape index (κ2) is 8.99. The lowest BCUT2D eigenvalue weighted by Crippen LogP contribution is -2.32. The van der Waals surface area contributed by atoms with Gasteiger partial charge < -0.3 is 4.90 Å². The van der Waals surface area contributed by atoms with E-state index in [2.05, 4.69) is 4.98 Å². The largest absolute Gasteiger partial charge is 0.343 e. The number of halogens is 2. The third kappa shape index (κ3) is 4.19. The quantitative estimate of drug-likeness (QED) is 0.417. The second-order valence-corrected chi connectivity index (χ2v) is 7.76. The number of aromatic nitrogens is 2. The highest BCUT2D eigenvalue weighted by Gasteiger charge is 2.17. The number of thioether (sulfide) groups is 1. The van der Waals surface area contributed by atoms with Gasteiger partial charge in [0.2, 0.25) is 5.91 Å². The Bertz CT molecular complexity index is 1080. The molecule has 0 spiro atoms. The molecule has 0 unspecified atom stereocenters. The third-order valence-corrected chi connectivity index (χ3v) is 6.01. The minimum atomic E-state index is -0.221. The Labute approximate surface area is 177 Å². The number of benzene rings is 2. The predicted molar refractivity (Wildman–Crippen MR) is 116 cm³/mol. The van der Waals surface area contributed by atoms with Gasteiger partial charge in [0.1, 0.15) is 0 Å². The molecule has 1 amide bonds. The molecule has 0 radical (unpaired) electrons. The monoisotopic (exact) mass is 435 g/mol. The number of rotatable bonds is 6. The molecule has 0 atom stereocenters. The number of nitrogens with zero attached hydrogens (tertiary/aromatic N) is 3. The highest BCUT2D eigenvalue weighted by Crippen LogP contribution is 2.27. The number of hydrogen-bond acceptors (Lipinski definition) is 4. The summed E-state index contributed by atoms with van der Waals surface area (Å²) < 4.78 is 1.48. The number of hydrogen-bond donors (Lipinski definition) is 0. The molecule has 0 fully saturated rings. The fraction of sp³-hybridized carbons (Fsp3) is 0.250. The van der Waals surface area contributed by atoms with Gasteiger partial charge in [-0.1, -0.05) is 47.1 Å². The lowest BCUT2D eigenvalue weighted by atomic mass is 10.2. The van der Waals surface area contributed by atoms with Crippen LogP contribution in [0.3, 0.4) is 0 Å². The highest BCUT2D eigenvalue weighted by atomic mass is 35.5. The van der Waals surface area contributed by atoms with Crippen molar-refractivity contribution in [3.05, 3.63) is 62.9 Å². The number of carbonyl (C=O) groups is 1. The fourth-order valence-corrected chi connectivity index (χ4v) is 4.06. The molecule has 0 aliphatic carbocycles. The van der Waals surface area contributed by atoms with Gasteiger partial charge >= 0.3 is 0 Å². The van der Waals surface area contributed by atoms with Crippen LogP contribution in [0.15, 0.2) is 52.4 Å². The lowest BCUT2D eigenvalue weighted by Gasteiger charge is -2.19. The summed E-state index contributed by atoms with van der Waals surface area (Å²) in [5.74, 6) is 0.187. The lowest BCUT2D eigenvalue weighted by molar-refractivity contribution is -0.127. The van der Waals surface area contributed by atoms with E-state index in [1.54, 1.807) is 41.3 Å². The van der Waals surface area contributed by atoms with Crippen molar-refractivity contribution in [2.75, 3.05) is 18.8 Å². The molecule has 28 heavy (non-hydrogen) atoms. The summed E-state index contributed by atoms with van der Waals surface area (Å²) in [5.41, 5.74) is 0.916. The van der Waals surface area contributed by atoms with Crippen LogP contribution in [-0.4, -0.2) is 39.2 Å². The molecule has 1 aromatic heterocycles. The van der Waals surface area contributed by atoms with E-state index in [-0.39, 0.29) is 17.2 Å². The first-order valence-corrected chi connectivity index (χ1v) is 10.6. The van der Waals surface area contributed by atoms with E-state index in [4.69, 9.17) is 23.2 Å². The molecule has 2 aromatic carbocycles. The molecular formula is C20H19Cl2N3O2S. The van der Waals surface area contributed by atoms with Crippen molar-refractivity contribution in [2.45, 2.75) is 19.0 Å². The zero-order chi connectivity index (χ0) is 20.3. The molecule has 0 aliphatic heterocycles. The van der Waals surface area contributed by atoms with E-state index in [0.29, 0.717) is 44.9 Å². The van der Waals surface area contributed by atoms with Gasteiger partial charge in [-0.3, -0.25) is 14.2 Å². The summed E-state index contributed by atoms with van der Waals surface area (Å²) in [4.78, 5) is 32.0. The number of fused-ring (bicyclic) bond motifs is 1. The first-order valence-electron chi connectivity index (χ1n) is 8.84. The Morgan fingerprint density at radius 2 is 1.82 bits per heavy atom. The van der Waals surface area contributed by atoms with Gasteiger partial charge in [-0.15, -0.1) is 0 Å². The van der Waals surface area contributed by atoms with Crippen LogP contribution in [-0.2, 0) is 4.79 Å². The van der Waals surface area contributed by atoms with Crippen molar-refractivity contribution in [2.24, 2.45) is 0 Å². The van der Waals surface area contributed by atoms with Crippen molar-refractivity contribution in [3.8, 4) is 5.69 Å². The zero-order valence-electron chi connectivity index (χ0n) is 15.5. The molecular weight excluding hydrogens is 417 g/mol. The summed E-state index contributed by atoms with van der Waals surface area (Å²) in [6.45, 7) is 5.15. The number of carbonyl (C=O) groups excluding carboxylic acids is 1. The van der Waals surface area contributed by atoms with E-state index in [0.717, 1.165) is 0 Å². The minimum Gasteiger partial charge on any atom is -0.343 e. The highest BCUT2D eigenvalue weighted by molar-refractivity contribution is 7.99. The van der Waals surface area contributed by atoms with Crippen LogP contribution in [0, 0.1) is 0 Å². The molecule has 0 saturated carbocycles. The van der Waals surface area contributed by atoms with Crippen LogP contribution in [0.4, 0.5) is 0 Å². The fourth-order valence-electron chi connectivity index (χ4n) is 2.85. The molecule has 3 rings (SSSR count). The Kier molecular flexibility index (Phi) is 6.65. The summed E-state index contributed by atoms with van der Waals surface area (Å²) in [7, 11) is 0. The minimum absolute atomic E-state index is 0.00176. The van der Waals surface area contributed by atoms with E-state index >= 15 is 0 Å². The first-order chi connectivity index (χ1) is 13.5. The molecule has 0 aliphatic rings. The maximum atomic E-state index is 13.2. The topological polar surface area (TPSA) is 55.2 Å². The van der Waals surface area contributed by atoms with E-state index < -0.39 is 0 Å². The number of amides is 1. The summed E-state index contributed by atoms with van der Waals surface area (Å²) >= 11 is 13.4. The van der Waals surface area contributed by atoms with Crippen molar-refractivity contribution in [3.63, 3.8) is 0 Å². The smallest absolute Gasteiger partial charge is 0.266 e. The molecule has 0 N–H and O–H groups in total. The molecule has 5 nitrogen and oxygen atoms in total. The first kappa shape index (κ1) is 20.7. The maximum absolute atomic E-state index is 13.2. The summed E-state index contributed by atoms with van der Waals surface area (Å²) in [6, 6.07) is 12.1. The zero-order valence-corrected chi connectivity index (χ0v) is 17.8. The molecule has 0 saturated heterocycles. The molecule has 1 heterocycles. The number of para-hydroxylation sites is 1. The van der Waals surface area contributed by atoms with Gasteiger partial charge in [0.15, 0.2) is 5.16 Å². The van der Waals surface area contributed by atoms with Crippen molar-refractivity contribution in [1.82, 2.24) is 14.5 Å². The van der Waals surface area contributed by atoms with Gasteiger partial charge in [-0.2, -0.15) is 0 Å². The van der Waals surface area contributed by atoms with Crippen molar-refractivity contribution < 1.29 is 4.79 Å². The Balaban J connectivity index is 2.10. The van der Waals surface area contributed by atoms with Gasteiger partial charge in [-0.25, -0.2) is 4.98 Å². The average molecular weight is 436 g/mol. The van der Waals surface area contributed by atoms with Crippen LogP contribution in [0.5, 0.6) is 0 Å². The second-order valence-electron chi connectivity index (χ2n) is 6.01. The van der Waals surface area contributed by atoms with Crippen LogP contribution in [0.25, 0.3) is 16.6 Å². The molecule has 8 heteroatoms. The standard InChI is InChI=1S/C20H19Cl2N3O2S/c1-3-24(4-2)18(26)12-28-20-23-17-8-6-5-7-14(17)19(27)25(20)13-9-10-15(21)16(22)11-13/h5-11H,3-4,12H2,1-2H3. The van der Waals surface area contributed by atoms with Gasteiger partial charge in [-0.05, 0) is 44.2 Å². The maximum Gasteiger partial charge on any atom is 0.266 e. The SMILES string of the molecule is CCN(CC)C(=O)CSc1nc2ccccc2c(=O)n1-c1ccc(Cl)c(Cl)c1.